The van der Waals surface area contributed by atoms with Gasteiger partial charge in [0.1, 0.15) is 0 Å². The van der Waals surface area contributed by atoms with Crippen molar-refractivity contribution in [3.63, 3.8) is 0 Å². The fourth-order valence-corrected chi connectivity index (χ4v) is 3.15. The Balaban J connectivity index is 1.94. The molecule has 1 aliphatic carbocycles. The summed E-state index contributed by atoms with van der Waals surface area (Å²) in [4.78, 5) is 0. The van der Waals surface area contributed by atoms with Crippen LogP contribution in [0.25, 0.3) is 0 Å². The summed E-state index contributed by atoms with van der Waals surface area (Å²) in [5, 5.41) is 3.56. The maximum Gasteiger partial charge on any atom is 0.0952 e. The molecule has 0 bridgehead atoms. The molecule has 21 heavy (non-hydrogen) atoms. The summed E-state index contributed by atoms with van der Waals surface area (Å²) >= 11 is 0. The third-order valence-corrected chi connectivity index (χ3v) is 4.30. The molecule has 3 unspecified atom stereocenters. The van der Waals surface area contributed by atoms with Crippen molar-refractivity contribution in [1.82, 2.24) is 5.32 Å². The van der Waals surface area contributed by atoms with Crippen molar-refractivity contribution in [2.24, 2.45) is 11.8 Å². The molecule has 3 atom stereocenters. The van der Waals surface area contributed by atoms with Gasteiger partial charge in [-0.05, 0) is 36.8 Å². The summed E-state index contributed by atoms with van der Waals surface area (Å²) in [5.41, 5.74) is 1.30. The lowest BCUT2D eigenvalue weighted by Gasteiger charge is -2.31. The Hall–Kier alpha value is -0.860. The highest BCUT2D eigenvalue weighted by molar-refractivity contribution is 5.18. The number of hydrogen-bond donors (Lipinski definition) is 1. The second-order valence-corrected chi connectivity index (χ2v) is 6.98. The van der Waals surface area contributed by atoms with E-state index < -0.39 is 0 Å². The first-order valence-electron chi connectivity index (χ1n) is 8.56. The summed E-state index contributed by atoms with van der Waals surface area (Å²) < 4.78 is 6.47. The Morgan fingerprint density at radius 3 is 2.57 bits per heavy atom. The van der Waals surface area contributed by atoms with Gasteiger partial charge >= 0.3 is 0 Å². The largest absolute Gasteiger partial charge is 0.369 e. The molecule has 1 saturated carbocycles. The van der Waals surface area contributed by atoms with Crippen LogP contribution in [0, 0.1) is 11.8 Å². The van der Waals surface area contributed by atoms with Crippen LogP contribution >= 0.6 is 0 Å². The molecule has 2 heteroatoms. The predicted octanol–water partition coefficient (Wildman–Crippen LogP) is 4.57. The molecule has 1 aromatic rings. The number of ether oxygens (including phenoxy) is 1. The Morgan fingerprint density at radius 1 is 1.14 bits per heavy atom. The summed E-state index contributed by atoms with van der Waals surface area (Å²) in [6, 6.07) is 10.7. The maximum atomic E-state index is 6.47. The maximum absolute atomic E-state index is 6.47. The molecule has 0 aliphatic heterocycles. The molecule has 1 aliphatic rings. The van der Waals surface area contributed by atoms with Gasteiger partial charge in [0.2, 0.25) is 0 Å². The average Bonchev–Trinajstić information content (AvgIpc) is 2.47. The predicted molar refractivity (Wildman–Crippen MR) is 89.4 cm³/mol. The Morgan fingerprint density at radius 2 is 1.90 bits per heavy atom. The van der Waals surface area contributed by atoms with Gasteiger partial charge in [-0.1, -0.05) is 63.9 Å². The van der Waals surface area contributed by atoms with Crippen molar-refractivity contribution in [3.8, 4) is 0 Å². The third kappa shape index (κ3) is 5.80. The van der Waals surface area contributed by atoms with Crippen LogP contribution in [0.3, 0.4) is 0 Å². The van der Waals surface area contributed by atoms with Crippen LogP contribution in [0.2, 0.25) is 0 Å². The quantitative estimate of drug-likeness (QED) is 0.794. The number of benzene rings is 1. The molecule has 1 aromatic carbocycles. The van der Waals surface area contributed by atoms with Gasteiger partial charge in [0.05, 0.1) is 12.2 Å². The molecule has 0 saturated heterocycles. The van der Waals surface area contributed by atoms with Crippen LogP contribution in [0.15, 0.2) is 30.3 Å². The SMILES string of the molecule is CC(C)CNCC(OC1CCCC(C)C1)c1ccccc1. The molecule has 0 heterocycles. The van der Waals surface area contributed by atoms with Gasteiger partial charge in [-0.3, -0.25) is 0 Å². The van der Waals surface area contributed by atoms with E-state index in [2.05, 4.69) is 56.4 Å². The monoisotopic (exact) mass is 289 g/mol. The van der Waals surface area contributed by atoms with Crippen molar-refractivity contribution in [1.29, 1.82) is 0 Å². The van der Waals surface area contributed by atoms with E-state index in [0.29, 0.717) is 12.0 Å². The van der Waals surface area contributed by atoms with Gasteiger partial charge in [-0.25, -0.2) is 0 Å². The van der Waals surface area contributed by atoms with Crippen LogP contribution in [-0.2, 0) is 4.74 Å². The number of hydrogen-bond acceptors (Lipinski definition) is 2. The molecule has 2 rings (SSSR count). The minimum atomic E-state index is 0.181. The topological polar surface area (TPSA) is 21.3 Å². The van der Waals surface area contributed by atoms with Gasteiger partial charge in [0.15, 0.2) is 0 Å². The fraction of sp³-hybridized carbons (Fsp3) is 0.684. The van der Waals surface area contributed by atoms with Crippen molar-refractivity contribution < 1.29 is 4.74 Å². The van der Waals surface area contributed by atoms with E-state index in [1.165, 1.54) is 31.2 Å². The molecule has 0 spiro atoms. The van der Waals surface area contributed by atoms with E-state index in [0.717, 1.165) is 19.0 Å². The van der Waals surface area contributed by atoms with E-state index in [1.807, 2.05) is 0 Å². The first kappa shape index (κ1) is 16.5. The molecule has 0 amide bonds. The molecular formula is C19H31NO. The zero-order valence-corrected chi connectivity index (χ0v) is 13.8. The van der Waals surface area contributed by atoms with Crippen LogP contribution < -0.4 is 5.32 Å². The molecular weight excluding hydrogens is 258 g/mol. The Kier molecular flexibility index (Phi) is 6.72. The van der Waals surface area contributed by atoms with Gasteiger partial charge in [0, 0.05) is 6.54 Å². The average molecular weight is 289 g/mol. The highest BCUT2D eigenvalue weighted by Gasteiger charge is 2.23. The van der Waals surface area contributed by atoms with E-state index >= 15 is 0 Å². The zero-order chi connectivity index (χ0) is 15.1. The van der Waals surface area contributed by atoms with E-state index in [1.54, 1.807) is 0 Å². The van der Waals surface area contributed by atoms with Crippen molar-refractivity contribution >= 4 is 0 Å². The minimum Gasteiger partial charge on any atom is -0.369 e. The lowest BCUT2D eigenvalue weighted by molar-refractivity contribution is -0.0396. The lowest BCUT2D eigenvalue weighted by atomic mass is 9.88. The first-order valence-corrected chi connectivity index (χ1v) is 8.56. The Labute approximate surface area is 130 Å². The lowest BCUT2D eigenvalue weighted by Crippen LogP contribution is -2.31. The molecule has 1 N–H and O–H groups in total. The Bertz CT molecular complexity index is 390. The fourth-order valence-electron chi connectivity index (χ4n) is 3.15. The van der Waals surface area contributed by atoms with E-state index in [9.17, 15) is 0 Å². The van der Waals surface area contributed by atoms with Crippen molar-refractivity contribution in [2.75, 3.05) is 13.1 Å². The minimum absolute atomic E-state index is 0.181. The number of rotatable bonds is 7. The highest BCUT2D eigenvalue weighted by atomic mass is 16.5. The molecule has 0 radical (unpaired) electrons. The smallest absolute Gasteiger partial charge is 0.0952 e. The molecule has 1 fully saturated rings. The number of nitrogens with one attached hydrogen (secondary N) is 1. The highest BCUT2D eigenvalue weighted by Crippen LogP contribution is 2.29. The normalized spacial score (nSPS) is 24.2. The van der Waals surface area contributed by atoms with Crippen molar-refractivity contribution in [2.45, 2.75) is 58.7 Å². The van der Waals surface area contributed by atoms with Gasteiger partial charge < -0.3 is 10.1 Å². The zero-order valence-electron chi connectivity index (χ0n) is 13.8. The van der Waals surface area contributed by atoms with Gasteiger partial charge in [0.25, 0.3) is 0 Å². The van der Waals surface area contributed by atoms with E-state index in [4.69, 9.17) is 4.74 Å². The first-order chi connectivity index (χ1) is 10.1. The summed E-state index contributed by atoms with van der Waals surface area (Å²) in [5.74, 6) is 1.49. The van der Waals surface area contributed by atoms with Crippen LogP contribution in [0.5, 0.6) is 0 Å². The summed E-state index contributed by atoms with van der Waals surface area (Å²) in [6.45, 7) is 8.80. The molecule has 2 nitrogen and oxygen atoms in total. The second-order valence-electron chi connectivity index (χ2n) is 6.98. The second kappa shape index (κ2) is 8.55. The summed E-state index contributed by atoms with van der Waals surface area (Å²) in [7, 11) is 0. The van der Waals surface area contributed by atoms with Gasteiger partial charge in [-0.15, -0.1) is 0 Å². The standard InChI is InChI=1S/C19H31NO/c1-15(2)13-20-14-19(17-9-5-4-6-10-17)21-18-11-7-8-16(3)12-18/h4-6,9-10,15-16,18-20H,7-8,11-14H2,1-3H3. The van der Waals surface area contributed by atoms with Crippen LogP contribution in [-0.4, -0.2) is 19.2 Å². The van der Waals surface area contributed by atoms with Crippen LogP contribution in [0.4, 0.5) is 0 Å². The summed E-state index contributed by atoms with van der Waals surface area (Å²) in [6.07, 6.45) is 5.72. The molecule has 0 aromatic heterocycles. The van der Waals surface area contributed by atoms with Crippen LogP contribution in [0.1, 0.15) is 58.1 Å². The van der Waals surface area contributed by atoms with Gasteiger partial charge in [-0.2, -0.15) is 0 Å². The van der Waals surface area contributed by atoms with E-state index in [-0.39, 0.29) is 6.10 Å². The molecule has 118 valence electrons. The van der Waals surface area contributed by atoms with Crippen molar-refractivity contribution in [3.05, 3.63) is 35.9 Å². The third-order valence-electron chi connectivity index (χ3n) is 4.30.